The number of nitrogens with zero attached hydrogens (tertiary/aromatic N) is 4. The van der Waals surface area contributed by atoms with E-state index in [0.717, 1.165) is 48.0 Å². The highest BCUT2D eigenvalue weighted by Gasteiger charge is 2.25. The van der Waals surface area contributed by atoms with Crippen LogP contribution in [0.3, 0.4) is 0 Å². The van der Waals surface area contributed by atoms with Crippen molar-refractivity contribution in [3.63, 3.8) is 0 Å². The number of fused-ring (bicyclic) bond motifs is 1. The highest BCUT2D eigenvalue weighted by molar-refractivity contribution is 6.06. The molecule has 29 heavy (non-hydrogen) atoms. The zero-order valence-corrected chi connectivity index (χ0v) is 19.2. The van der Waals surface area contributed by atoms with Crippen LogP contribution in [0.25, 0.3) is 11.0 Å². The molecule has 1 saturated heterocycles. The number of carbonyl (C=O) groups is 1. The second-order valence-corrected chi connectivity index (χ2v) is 9.92. The number of piperidine rings is 1. The summed E-state index contributed by atoms with van der Waals surface area (Å²) in [6.07, 6.45) is 2.57. The van der Waals surface area contributed by atoms with Gasteiger partial charge in [-0.1, -0.05) is 20.8 Å². The van der Waals surface area contributed by atoms with Crippen molar-refractivity contribution in [3.8, 4) is 0 Å². The second-order valence-electron chi connectivity index (χ2n) is 9.92. The van der Waals surface area contributed by atoms with E-state index in [1.165, 1.54) is 12.8 Å². The van der Waals surface area contributed by atoms with E-state index in [4.69, 9.17) is 10.1 Å². The predicted molar refractivity (Wildman–Crippen MR) is 119 cm³/mol. The molecular weight excluding hydrogens is 362 g/mol. The van der Waals surface area contributed by atoms with Gasteiger partial charge in [0.15, 0.2) is 5.65 Å². The Morgan fingerprint density at radius 2 is 2.07 bits per heavy atom. The Balaban J connectivity index is 1.87. The van der Waals surface area contributed by atoms with Crippen LogP contribution in [0.2, 0.25) is 0 Å². The number of aromatic nitrogens is 3. The van der Waals surface area contributed by atoms with Crippen molar-refractivity contribution >= 4 is 16.9 Å². The van der Waals surface area contributed by atoms with Gasteiger partial charge in [0.25, 0.3) is 5.91 Å². The molecule has 0 spiro atoms. The highest BCUT2D eigenvalue weighted by Crippen LogP contribution is 2.28. The van der Waals surface area contributed by atoms with E-state index in [1.54, 1.807) is 0 Å². The quantitative estimate of drug-likeness (QED) is 0.823. The highest BCUT2D eigenvalue weighted by atomic mass is 16.1. The summed E-state index contributed by atoms with van der Waals surface area (Å²) in [6.45, 7) is 18.7. The first kappa shape index (κ1) is 21.8. The molecule has 3 heterocycles. The molecule has 1 N–H and O–H groups in total. The van der Waals surface area contributed by atoms with Crippen LogP contribution in [0.15, 0.2) is 6.07 Å². The normalized spacial score (nSPS) is 18.6. The molecule has 2 aromatic rings. The van der Waals surface area contributed by atoms with Gasteiger partial charge >= 0.3 is 0 Å². The molecule has 2 aromatic heterocycles. The lowest BCUT2D eigenvalue weighted by Gasteiger charge is -2.30. The fraction of sp³-hybridized carbons (Fsp3) is 0.696. The van der Waals surface area contributed by atoms with Crippen LogP contribution >= 0.6 is 0 Å². The lowest BCUT2D eigenvalue weighted by atomic mass is 10.0. The molecule has 160 valence electrons. The Labute approximate surface area is 175 Å². The van der Waals surface area contributed by atoms with E-state index < -0.39 is 0 Å². The van der Waals surface area contributed by atoms with Gasteiger partial charge in [0.1, 0.15) is 0 Å². The van der Waals surface area contributed by atoms with E-state index in [-0.39, 0.29) is 17.4 Å². The number of hydrogen-bond donors (Lipinski definition) is 1. The van der Waals surface area contributed by atoms with E-state index in [1.807, 2.05) is 17.7 Å². The Morgan fingerprint density at radius 1 is 1.34 bits per heavy atom. The van der Waals surface area contributed by atoms with Crippen LogP contribution in [0.4, 0.5) is 0 Å². The second kappa shape index (κ2) is 8.42. The molecule has 0 bridgehead atoms. The van der Waals surface area contributed by atoms with E-state index in [2.05, 4.69) is 51.8 Å². The number of pyridine rings is 1. The van der Waals surface area contributed by atoms with Crippen LogP contribution in [0, 0.1) is 12.8 Å². The Morgan fingerprint density at radius 3 is 2.69 bits per heavy atom. The van der Waals surface area contributed by atoms with Gasteiger partial charge in [0.05, 0.1) is 22.2 Å². The third-order valence-electron chi connectivity index (χ3n) is 5.76. The fourth-order valence-electron chi connectivity index (χ4n) is 4.16. The summed E-state index contributed by atoms with van der Waals surface area (Å²) in [4.78, 5) is 20.5. The summed E-state index contributed by atoms with van der Waals surface area (Å²) in [5, 5.41) is 8.75. The molecule has 1 amide bonds. The fourth-order valence-corrected chi connectivity index (χ4v) is 4.16. The van der Waals surface area contributed by atoms with Crippen molar-refractivity contribution in [2.24, 2.45) is 5.92 Å². The predicted octanol–water partition coefficient (Wildman–Crippen LogP) is 4.08. The average molecular weight is 400 g/mol. The maximum absolute atomic E-state index is 13.2. The molecule has 0 aromatic carbocycles. The van der Waals surface area contributed by atoms with E-state index in [9.17, 15) is 4.79 Å². The molecule has 6 heteroatoms. The van der Waals surface area contributed by atoms with Crippen molar-refractivity contribution in [3.05, 3.63) is 23.0 Å². The number of aryl methyl sites for hydroxylation is 1. The number of amides is 1. The maximum Gasteiger partial charge on any atom is 0.252 e. The summed E-state index contributed by atoms with van der Waals surface area (Å²) in [5.74, 6) is 0.962. The first-order valence-electron chi connectivity index (χ1n) is 11.0. The zero-order chi connectivity index (χ0) is 21.3. The van der Waals surface area contributed by atoms with Gasteiger partial charge in [-0.3, -0.25) is 4.79 Å². The molecule has 3 rings (SSSR count). The van der Waals surface area contributed by atoms with Gasteiger partial charge < -0.3 is 10.2 Å². The summed E-state index contributed by atoms with van der Waals surface area (Å²) in [5.41, 5.74) is 3.08. The van der Waals surface area contributed by atoms with Gasteiger partial charge in [-0.2, -0.15) is 5.10 Å². The summed E-state index contributed by atoms with van der Waals surface area (Å²) in [7, 11) is 0. The Kier molecular flexibility index (Phi) is 6.32. The molecule has 0 aliphatic carbocycles. The molecule has 1 unspecified atom stereocenters. The van der Waals surface area contributed by atoms with E-state index in [0.29, 0.717) is 12.1 Å². The van der Waals surface area contributed by atoms with Crippen molar-refractivity contribution < 1.29 is 4.79 Å². The number of rotatable bonds is 5. The van der Waals surface area contributed by atoms with Crippen LogP contribution in [0.5, 0.6) is 0 Å². The minimum Gasteiger partial charge on any atom is -0.351 e. The number of nitrogens with one attached hydrogen (secondary N) is 1. The molecular formula is C23H37N5O. The molecule has 0 radical (unpaired) electrons. The molecule has 1 fully saturated rings. The number of likely N-dealkylation sites (tertiary alicyclic amines) is 1. The largest absolute Gasteiger partial charge is 0.351 e. The number of hydrogen-bond acceptors (Lipinski definition) is 4. The Hall–Kier alpha value is -1.95. The Bertz CT molecular complexity index is 878. The van der Waals surface area contributed by atoms with Crippen LogP contribution in [-0.2, 0) is 5.54 Å². The van der Waals surface area contributed by atoms with Crippen LogP contribution in [-0.4, -0.2) is 51.8 Å². The maximum atomic E-state index is 13.2. The lowest BCUT2D eigenvalue weighted by molar-refractivity contribution is 0.0945. The van der Waals surface area contributed by atoms with Gasteiger partial charge in [-0.15, -0.1) is 0 Å². The summed E-state index contributed by atoms with van der Waals surface area (Å²) >= 11 is 0. The standard InChI is InChI=1S/C23H37N5O/c1-15(2)19-13-18(20-17(4)26-28(21(20)25-19)23(5,6)7)22(29)24-10-12-27-11-8-9-16(3)14-27/h13,15-16H,8-12,14H2,1-7H3,(H,24,29). The molecule has 1 aliphatic rings. The molecule has 1 atom stereocenters. The first-order valence-corrected chi connectivity index (χ1v) is 11.0. The number of carbonyl (C=O) groups excluding carboxylic acids is 1. The zero-order valence-electron chi connectivity index (χ0n) is 19.2. The summed E-state index contributed by atoms with van der Waals surface area (Å²) in [6, 6.07) is 1.95. The third kappa shape index (κ3) is 4.80. The monoisotopic (exact) mass is 399 g/mol. The van der Waals surface area contributed by atoms with Crippen molar-refractivity contribution in [1.82, 2.24) is 25.0 Å². The van der Waals surface area contributed by atoms with Crippen molar-refractivity contribution in [1.29, 1.82) is 0 Å². The first-order chi connectivity index (χ1) is 13.6. The van der Waals surface area contributed by atoms with Crippen LogP contribution in [0.1, 0.15) is 82.0 Å². The average Bonchev–Trinajstić information content (AvgIpc) is 2.98. The SMILES string of the molecule is Cc1nn(C(C)(C)C)c2nc(C(C)C)cc(C(=O)NCCN3CCCC(C)C3)c12. The van der Waals surface area contributed by atoms with Crippen LogP contribution < -0.4 is 5.32 Å². The molecule has 1 aliphatic heterocycles. The van der Waals surface area contributed by atoms with E-state index >= 15 is 0 Å². The minimum atomic E-state index is -0.201. The lowest BCUT2D eigenvalue weighted by Crippen LogP contribution is -2.40. The molecule has 6 nitrogen and oxygen atoms in total. The van der Waals surface area contributed by atoms with Gasteiger partial charge in [-0.25, -0.2) is 9.67 Å². The summed E-state index contributed by atoms with van der Waals surface area (Å²) < 4.78 is 1.95. The van der Waals surface area contributed by atoms with Gasteiger partial charge in [0, 0.05) is 25.3 Å². The van der Waals surface area contributed by atoms with Gasteiger partial charge in [-0.05, 0) is 65.0 Å². The van der Waals surface area contributed by atoms with Gasteiger partial charge in [0.2, 0.25) is 0 Å². The topological polar surface area (TPSA) is 63.1 Å². The van der Waals surface area contributed by atoms with Crippen molar-refractivity contribution in [2.45, 2.75) is 72.8 Å². The van der Waals surface area contributed by atoms with Crippen molar-refractivity contribution in [2.75, 3.05) is 26.2 Å². The molecule has 0 saturated carbocycles. The third-order valence-corrected chi connectivity index (χ3v) is 5.76. The smallest absolute Gasteiger partial charge is 0.252 e. The minimum absolute atomic E-state index is 0.0269.